The van der Waals surface area contributed by atoms with E-state index in [4.69, 9.17) is 4.74 Å². The van der Waals surface area contributed by atoms with E-state index >= 15 is 0 Å². The Morgan fingerprint density at radius 1 is 1.45 bits per heavy atom. The van der Waals surface area contributed by atoms with Crippen molar-refractivity contribution in [2.24, 2.45) is 5.92 Å². The summed E-state index contributed by atoms with van der Waals surface area (Å²) < 4.78 is 34.3. The van der Waals surface area contributed by atoms with E-state index in [0.717, 1.165) is 12.0 Å². The fourth-order valence-corrected chi connectivity index (χ4v) is 5.30. The lowest BCUT2D eigenvalue weighted by atomic mass is 10.0. The number of rotatable bonds is 7. The number of fused-ring (bicyclic) bond motifs is 1. The standard InChI is InChI=1S/C22H35N3O5S/c1-6-8-18-9-10-21-19(12-18)30-20(14-24(5)22(27)23-11-7-2)16(3)13-25(17(4)15-26)31(21,28)29/h6,8-10,12,16-17,20,26H,7,11,13-15H2,1-5H3,(H,23,27)/b8-6+/t16-,17+,20-/m0/s1. The van der Waals surface area contributed by atoms with Crippen LogP contribution in [0.15, 0.2) is 29.2 Å². The number of ether oxygens (including phenoxy) is 1. The van der Waals surface area contributed by atoms with Crippen molar-refractivity contribution in [3.8, 4) is 5.75 Å². The van der Waals surface area contributed by atoms with E-state index < -0.39 is 22.2 Å². The van der Waals surface area contributed by atoms with Crippen molar-refractivity contribution in [3.63, 3.8) is 0 Å². The molecular weight excluding hydrogens is 418 g/mol. The van der Waals surface area contributed by atoms with Crippen molar-refractivity contribution in [1.29, 1.82) is 0 Å². The van der Waals surface area contributed by atoms with Crippen LogP contribution < -0.4 is 10.1 Å². The fraction of sp³-hybridized carbons (Fsp3) is 0.591. The zero-order chi connectivity index (χ0) is 23.2. The molecule has 0 aliphatic carbocycles. The second-order valence-electron chi connectivity index (χ2n) is 8.06. The molecule has 0 radical (unpaired) electrons. The van der Waals surface area contributed by atoms with E-state index in [1.54, 1.807) is 37.1 Å². The second-order valence-corrected chi connectivity index (χ2v) is 9.92. The zero-order valence-corrected chi connectivity index (χ0v) is 19.9. The topological polar surface area (TPSA) is 99.2 Å². The molecule has 1 aromatic carbocycles. The quantitative estimate of drug-likeness (QED) is 0.661. The summed E-state index contributed by atoms with van der Waals surface area (Å²) >= 11 is 0. The molecular formula is C22H35N3O5S. The van der Waals surface area contributed by atoms with Gasteiger partial charge in [-0.3, -0.25) is 0 Å². The number of sulfonamides is 1. The van der Waals surface area contributed by atoms with Crippen LogP contribution in [0, 0.1) is 5.92 Å². The van der Waals surface area contributed by atoms with Crippen LogP contribution in [0.5, 0.6) is 5.75 Å². The van der Waals surface area contributed by atoms with Gasteiger partial charge >= 0.3 is 6.03 Å². The summed E-state index contributed by atoms with van der Waals surface area (Å²) in [6, 6.07) is 4.19. The average Bonchev–Trinajstić information content (AvgIpc) is 2.73. The third-order valence-electron chi connectivity index (χ3n) is 5.38. The zero-order valence-electron chi connectivity index (χ0n) is 19.0. The Labute approximate surface area is 185 Å². The molecule has 2 rings (SSSR count). The summed E-state index contributed by atoms with van der Waals surface area (Å²) in [5.41, 5.74) is 0.819. The number of likely N-dealkylation sites (N-methyl/N-ethyl adjacent to an activating group) is 1. The lowest BCUT2D eigenvalue weighted by Crippen LogP contribution is -2.51. The van der Waals surface area contributed by atoms with E-state index in [9.17, 15) is 18.3 Å². The fourth-order valence-electron chi connectivity index (χ4n) is 3.48. The first-order valence-corrected chi connectivity index (χ1v) is 12.1. The van der Waals surface area contributed by atoms with Crippen molar-refractivity contribution in [3.05, 3.63) is 29.8 Å². The van der Waals surface area contributed by atoms with Gasteiger partial charge in [-0.1, -0.05) is 32.1 Å². The molecule has 0 spiro atoms. The van der Waals surface area contributed by atoms with Crippen LogP contribution in [-0.4, -0.2) is 74.2 Å². The maximum absolute atomic E-state index is 13.4. The maximum atomic E-state index is 13.4. The molecule has 1 aliphatic heterocycles. The third-order valence-corrected chi connectivity index (χ3v) is 7.40. The van der Waals surface area contributed by atoms with Gasteiger partial charge in [0.1, 0.15) is 16.7 Å². The summed E-state index contributed by atoms with van der Waals surface area (Å²) in [4.78, 5) is 14.0. The molecule has 9 heteroatoms. The molecule has 0 unspecified atom stereocenters. The summed E-state index contributed by atoms with van der Waals surface area (Å²) in [5, 5.41) is 12.5. The van der Waals surface area contributed by atoms with Crippen LogP contribution in [0.2, 0.25) is 0 Å². The number of nitrogens with zero attached hydrogens (tertiary/aromatic N) is 2. The van der Waals surface area contributed by atoms with Crippen molar-refractivity contribution >= 4 is 22.1 Å². The van der Waals surface area contributed by atoms with Crippen molar-refractivity contribution in [2.75, 3.05) is 33.3 Å². The van der Waals surface area contributed by atoms with Crippen LogP contribution in [0.1, 0.15) is 39.7 Å². The predicted molar refractivity (Wildman–Crippen MR) is 121 cm³/mol. The summed E-state index contributed by atoms with van der Waals surface area (Å²) in [5.74, 6) is 0.0355. The van der Waals surface area contributed by atoms with E-state index in [0.29, 0.717) is 13.1 Å². The van der Waals surface area contributed by atoms with Crippen molar-refractivity contribution < 1.29 is 23.1 Å². The molecule has 8 nitrogen and oxygen atoms in total. The Morgan fingerprint density at radius 3 is 2.77 bits per heavy atom. The molecule has 3 atom stereocenters. The minimum Gasteiger partial charge on any atom is -0.487 e. The number of urea groups is 1. The van der Waals surface area contributed by atoms with E-state index in [1.165, 1.54) is 4.31 Å². The molecule has 0 bridgehead atoms. The Kier molecular flexibility index (Phi) is 8.90. The number of allylic oxidation sites excluding steroid dienone is 1. The van der Waals surface area contributed by atoms with Crippen LogP contribution in [-0.2, 0) is 10.0 Å². The molecule has 2 amide bonds. The Balaban J connectivity index is 2.47. The highest BCUT2D eigenvalue weighted by molar-refractivity contribution is 7.89. The van der Waals surface area contributed by atoms with Gasteiger partial charge in [-0.15, -0.1) is 0 Å². The van der Waals surface area contributed by atoms with Crippen LogP contribution in [0.4, 0.5) is 4.79 Å². The average molecular weight is 454 g/mol. The smallest absolute Gasteiger partial charge is 0.317 e. The number of amides is 2. The molecule has 174 valence electrons. The predicted octanol–water partition coefficient (Wildman–Crippen LogP) is 2.54. The number of hydrogen-bond donors (Lipinski definition) is 2. The first-order chi connectivity index (χ1) is 14.6. The highest BCUT2D eigenvalue weighted by Crippen LogP contribution is 2.34. The largest absolute Gasteiger partial charge is 0.487 e. The number of aliphatic hydroxyl groups is 1. The number of benzene rings is 1. The van der Waals surface area contributed by atoms with Gasteiger partial charge in [0, 0.05) is 32.1 Å². The lowest BCUT2D eigenvalue weighted by Gasteiger charge is -2.37. The van der Waals surface area contributed by atoms with Crippen LogP contribution in [0.25, 0.3) is 6.08 Å². The van der Waals surface area contributed by atoms with Gasteiger partial charge in [0.15, 0.2) is 0 Å². The third kappa shape index (κ3) is 5.99. The minimum absolute atomic E-state index is 0.0658. The molecule has 1 aromatic rings. The monoisotopic (exact) mass is 453 g/mol. The van der Waals surface area contributed by atoms with Gasteiger partial charge in [0.05, 0.1) is 13.2 Å². The van der Waals surface area contributed by atoms with Crippen molar-refractivity contribution in [1.82, 2.24) is 14.5 Å². The first kappa shape index (κ1) is 25.2. The molecule has 2 N–H and O–H groups in total. The van der Waals surface area contributed by atoms with E-state index in [-0.39, 0.29) is 35.7 Å². The summed E-state index contributed by atoms with van der Waals surface area (Å²) in [6.45, 7) is 8.21. The normalized spacial score (nSPS) is 22.1. The van der Waals surface area contributed by atoms with Gasteiger partial charge < -0.3 is 20.1 Å². The molecule has 0 saturated heterocycles. The summed E-state index contributed by atoms with van der Waals surface area (Å²) in [7, 11) is -2.17. The Hall–Kier alpha value is -2.10. The van der Waals surface area contributed by atoms with Gasteiger partial charge in [0.2, 0.25) is 10.0 Å². The van der Waals surface area contributed by atoms with Gasteiger partial charge in [-0.25, -0.2) is 13.2 Å². The number of hydrogen-bond acceptors (Lipinski definition) is 5. The first-order valence-electron chi connectivity index (χ1n) is 10.7. The Morgan fingerprint density at radius 2 is 2.16 bits per heavy atom. The van der Waals surface area contributed by atoms with E-state index in [2.05, 4.69) is 5.32 Å². The highest BCUT2D eigenvalue weighted by atomic mass is 32.2. The lowest BCUT2D eigenvalue weighted by molar-refractivity contribution is 0.0812. The molecule has 0 aromatic heterocycles. The maximum Gasteiger partial charge on any atom is 0.317 e. The molecule has 1 heterocycles. The SMILES string of the molecule is C/C=C/c1ccc2c(c1)O[C@@H](CN(C)C(=O)NCCC)[C@@H](C)CN([C@H](C)CO)S2(=O)=O. The van der Waals surface area contributed by atoms with Gasteiger partial charge in [-0.05, 0) is 38.0 Å². The number of nitrogens with one attached hydrogen (secondary N) is 1. The molecule has 0 fully saturated rings. The van der Waals surface area contributed by atoms with E-state index in [1.807, 2.05) is 32.9 Å². The second kappa shape index (κ2) is 11.0. The number of aliphatic hydroxyl groups excluding tert-OH is 1. The molecule has 0 saturated carbocycles. The minimum atomic E-state index is -3.87. The Bertz CT molecular complexity index is 887. The van der Waals surface area contributed by atoms with Crippen LogP contribution in [0.3, 0.4) is 0 Å². The number of carbonyl (C=O) groups is 1. The van der Waals surface area contributed by atoms with Gasteiger partial charge in [0.25, 0.3) is 0 Å². The number of carbonyl (C=O) groups excluding carboxylic acids is 1. The molecule has 31 heavy (non-hydrogen) atoms. The van der Waals surface area contributed by atoms with Crippen molar-refractivity contribution in [2.45, 2.75) is 51.2 Å². The van der Waals surface area contributed by atoms with Crippen LogP contribution >= 0.6 is 0 Å². The summed E-state index contributed by atoms with van der Waals surface area (Å²) in [6.07, 6.45) is 4.14. The highest BCUT2D eigenvalue weighted by Gasteiger charge is 2.38. The van der Waals surface area contributed by atoms with Gasteiger partial charge in [-0.2, -0.15) is 4.31 Å². The molecule has 1 aliphatic rings.